The van der Waals surface area contributed by atoms with Crippen molar-refractivity contribution in [1.29, 1.82) is 0 Å². The molecule has 17 heavy (non-hydrogen) atoms. The number of halogens is 1. The molecule has 0 bridgehead atoms. The van der Waals surface area contributed by atoms with Crippen molar-refractivity contribution in [3.8, 4) is 0 Å². The summed E-state index contributed by atoms with van der Waals surface area (Å²) in [6, 6.07) is 4.16. The van der Waals surface area contributed by atoms with E-state index in [-0.39, 0.29) is 10.7 Å². The van der Waals surface area contributed by atoms with Crippen LogP contribution in [0.25, 0.3) is 0 Å². The first-order valence-electron chi connectivity index (χ1n) is 5.08. The number of hydrogen-bond acceptors (Lipinski definition) is 4. The molecule has 0 fully saturated rings. The summed E-state index contributed by atoms with van der Waals surface area (Å²) in [7, 11) is -2.31. The Morgan fingerprint density at radius 2 is 2.00 bits per heavy atom. The lowest BCUT2D eigenvalue weighted by Crippen LogP contribution is -2.04. The van der Waals surface area contributed by atoms with Gasteiger partial charge in [-0.2, -0.15) is 4.36 Å². The number of nitro groups is 1. The molecule has 0 aromatic heterocycles. The molecule has 5 nitrogen and oxygen atoms in total. The van der Waals surface area contributed by atoms with Gasteiger partial charge in [-0.15, -0.1) is 0 Å². The zero-order valence-electron chi connectivity index (χ0n) is 9.55. The Hall–Kier alpha value is -1.14. The van der Waals surface area contributed by atoms with Crippen LogP contribution in [0.5, 0.6) is 0 Å². The molecule has 1 aromatic rings. The third-order valence-electron chi connectivity index (χ3n) is 2.30. The standard InChI is InChI=1S/C10H13ClN2O3S/c1-3-17(16,4-2)12-8-5-6-9(11)10(7-8)13(14)15/h5-7H,3-4H2,1-2H3. The lowest BCUT2D eigenvalue weighted by Gasteiger charge is -2.04. The van der Waals surface area contributed by atoms with Gasteiger partial charge in [0, 0.05) is 17.6 Å². The van der Waals surface area contributed by atoms with E-state index in [2.05, 4.69) is 4.36 Å². The first kappa shape index (κ1) is 13.9. The Morgan fingerprint density at radius 1 is 1.41 bits per heavy atom. The zero-order valence-corrected chi connectivity index (χ0v) is 11.1. The third-order valence-corrected chi connectivity index (χ3v) is 4.97. The van der Waals surface area contributed by atoms with Gasteiger partial charge in [0.05, 0.1) is 20.3 Å². The minimum absolute atomic E-state index is 0.0495. The Balaban J connectivity index is 3.31. The predicted molar refractivity (Wildman–Crippen MR) is 69.4 cm³/mol. The second-order valence-electron chi connectivity index (χ2n) is 3.33. The highest BCUT2D eigenvalue weighted by atomic mass is 35.5. The highest BCUT2D eigenvalue weighted by molar-refractivity contribution is 7.93. The summed E-state index contributed by atoms with van der Waals surface area (Å²) >= 11 is 5.68. The van der Waals surface area contributed by atoms with Crippen molar-refractivity contribution in [3.63, 3.8) is 0 Å². The Labute approximate surface area is 105 Å². The SMILES string of the molecule is CCS(=O)(CC)=Nc1ccc(Cl)c([N+](=O)[O-])c1. The number of rotatable bonds is 4. The van der Waals surface area contributed by atoms with E-state index in [1.54, 1.807) is 13.8 Å². The largest absolute Gasteiger partial charge is 0.290 e. The maximum atomic E-state index is 12.1. The van der Waals surface area contributed by atoms with Gasteiger partial charge in [0.1, 0.15) is 5.02 Å². The molecular weight excluding hydrogens is 264 g/mol. The fourth-order valence-electron chi connectivity index (χ4n) is 1.22. The number of nitro benzene ring substituents is 1. The average molecular weight is 277 g/mol. The second-order valence-corrected chi connectivity index (χ2v) is 6.62. The summed E-state index contributed by atoms with van der Waals surface area (Å²) in [5, 5.41) is 10.7. The molecular formula is C10H13ClN2O3S. The van der Waals surface area contributed by atoms with Gasteiger partial charge in [-0.25, -0.2) is 4.21 Å². The van der Waals surface area contributed by atoms with Gasteiger partial charge in [-0.3, -0.25) is 10.1 Å². The molecule has 0 saturated carbocycles. The van der Waals surface area contributed by atoms with Crippen LogP contribution >= 0.6 is 11.6 Å². The van der Waals surface area contributed by atoms with E-state index in [1.165, 1.54) is 18.2 Å². The van der Waals surface area contributed by atoms with Crippen LogP contribution in [0.4, 0.5) is 11.4 Å². The van der Waals surface area contributed by atoms with Crippen molar-refractivity contribution >= 4 is 32.7 Å². The molecule has 0 saturated heterocycles. The molecule has 0 N–H and O–H groups in total. The Bertz CT molecular complexity index is 540. The lowest BCUT2D eigenvalue weighted by molar-refractivity contribution is -0.384. The summed E-state index contributed by atoms with van der Waals surface area (Å²) in [5.74, 6) is 0.833. The van der Waals surface area contributed by atoms with E-state index >= 15 is 0 Å². The number of hydrogen-bond donors (Lipinski definition) is 0. The fraction of sp³-hybridized carbons (Fsp3) is 0.400. The van der Waals surface area contributed by atoms with E-state index in [4.69, 9.17) is 11.6 Å². The molecule has 0 aliphatic rings. The molecule has 0 spiro atoms. The number of benzene rings is 1. The number of nitrogens with zero attached hydrogens (tertiary/aromatic N) is 2. The van der Waals surface area contributed by atoms with Crippen molar-refractivity contribution in [3.05, 3.63) is 33.3 Å². The van der Waals surface area contributed by atoms with Crippen molar-refractivity contribution in [2.24, 2.45) is 4.36 Å². The highest BCUT2D eigenvalue weighted by Crippen LogP contribution is 2.29. The van der Waals surface area contributed by atoms with Gasteiger partial charge in [-0.1, -0.05) is 25.4 Å². The second kappa shape index (κ2) is 5.46. The summed E-state index contributed by atoms with van der Waals surface area (Å²) in [4.78, 5) is 10.1. The maximum absolute atomic E-state index is 12.1. The average Bonchev–Trinajstić information content (AvgIpc) is 2.31. The van der Waals surface area contributed by atoms with Crippen LogP contribution in [0.1, 0.15) is 13.8 Å². The predicted octanol–water partition coefficient (Wildman–Crippen LogP) is 3.39. The van der Waals surface area contributed by atoms with Gasteiger partial charge in [0.15, 0.2) is 0 Å². The summed E-state index contributed by atoms with van der Waals surface area (Å²) < 4.78 is 16.2. The fourth-order valence-corrected chi connectivity index (χ4v) is 2.57. The minimum Gasteiger partial charge on any atom is -0.258 e. The van der Waals surface area contributed by atoms with Crippen molar-refractivity contribution < 1.29 is 9.13 Å². The van der Waals surface area contributed by atoms with Crippen LogP contribution in [0.3, 0.4) is 0 Å². The first-order chi connectivity index (χ1) is 7.91. The molecule has 94 valence electrons. The summed E-state index contributed by atoms with van der Waals surface area (Å²) in [6.45, 7) is 3.55. The maximum Gasteiger partial charge on any atom is 0.290 e. The minimum atomic E-state index is -2.31. The molecule has 0 heterocycles. The molecule has 0 unspecified atom stereocenters. The molecule has 0 radical (unpaired) electrons. The van der Waals surface area contributed by atoms with Gasteiger partial charge in [0.25, 0.3) is 5.69 Å². The monoisotopic (exact) mass is 276 g/mol. The topological polar surface area (TPSA) is 72.6 Å². The van der Waals surface area contributed by atoms with Crippen LogP contribution in [-0.4, -0.2) is 20.6 Å². The zero-order chi connectivity index (χ0) is 13.1. The molecule has 0 amide bonds. The Kier molecular flexibility index (Phi) is 4.47. The van der Waals surface area contributed by atoms with Crippen LogP contribution < -0.4 is 0 Å². The van der Waals surface area contributed by atoms with Crippen LogP contribution in [0.2, 0.25) is 5.02 Å². The molecule has 0 aliphatic heterocycles. The smallest absolute Gasteiger partial charge is 0.258 e. The van der Waals surface area contributed by atoms with E-state index in [0.717, 1.165) is 0 Å². The summed E-state index contributed by atoms with van der Waals surface area (Å²) in [5.41, 5.74) is 0.108. The molecule has 0 aliphatic carbocycles. The lowest BCUT2D eigenvalue weighted by atomic mass is 10.3. The highest BCUT2D eigenvalue weighted by Gasteiger charge is 2.13. The first-order valence-corrected chi connectivity index (χ1v) is 7.31. The van der Waals surface area contributed by atoms with Crippen molar-refractivity contribution in [2.75, 3.05) is 11.5 Å². The van der Waals surface area contributed by atoms with Crippen LogP contribution in [0.15, 0.2) is 22.6 Å². The van der Waals surface area contributed by atoms with Gasteiger partial charge >= 0.3 is 0 Å². The van der Waals surface area contributed by atoms with Crippen molar-refractivity contribution in [2.45, 2.75) is 13.8 Å². The van der Waals surface area contributed by atoms with Gasteiger partial charge in [0.2, 0.25) is 0 Å². The van der Waals surface area contributed by atoms with Gasteiger partial charge in [-0.05, 0) is 12.1 Å². The van der Waals surface area contributed by atoms with Crippen LogP contribution in [0, 0.1) is 10.1 Å². The Morgan fingerprint density at radius 3 is 2.47 bits per heavy atom. The van der Waals surface area contributed by atoms with Crippen molar-refractivity contribution in [1.82, 2.24) is 0 Å². The quantitative estimate of drug-likeness (QED) is 0.625. The molecule has 1 rings (SSSR count). The van der Waals surface area contributed by atoms with Gasteiger partial charge < -0.3 is 0 Å². The van der Waals surface area contributed by atoms with E-state index in [1.807, 2.05) is 0 Å². The van der Waals surface area contributed by atoms with E-state index < -0.39 is 14.7 Å². The van der Waals surface area contributed by atoms with Crippen LogP contribution in [-0.2, 0) is 9.73 Å². The third kappa shape index (κ3) is 3.41. The normalized spacial score (nSPS) is 11.2. The molecule has 0 atom stereocenters. The molecule has 7 heteroatoms. The molecule has 1 aromatic carbocycles. The summed E-state index contributed by atoms with van der Waals surface area (Å²) in [6.07, 6.45) is 0. The van der Waals surface area contributed by atoms with E-state index in [0.29, 0.717) is 17.2 Å². The van der Waals surface area contributed by atoms with E-state index in [9.17, 15) is 14.3 Å².